The van der Waals surface area contributed by atoms with E-state index in [9.17, 15) is 9.59 Å². The summed E-state index contributed by atoms with van der Waals surface area (Å²) in [6.45, 7) is 3.76. The summed E-state index contributed by atoms with van der Waals surface area (Å²) in [4.78, 5) is 25.3. The normalized spacial score (nSPS) is 14.1. The molecule has 0 saturated carbocycles. The quantitative estimate of drug-likeness (QED) is 0.824. The molecule has 1 fully saturated rings. The van der Waals surface area contributed by atoms with E-state index in [1.54, 1.807) is 11.8 Å². The Labute approximate surface area is 150 Å². The van der Waals surface area contributed by atoms with E-state index in [0.29, 0.717) is 37.7 Å². The van der Waals surface area contributed by atoms with Crippen LogP contribution in [0.4, 0.5) is 10.6 Å². The molecule has 0 radical (unpaired) electrons. The minimum atomic E-state index is -0.707. The first-order valence-electron chi connectivity index (χ1n) is 8.26. The second kappa shape index (κ2) is 7.87. The number of carbonyl (C=O) groups excluding carboxylic acids is 2. The molecule has 9 nitrogen and oxygen atoms in total. The van der Waals surface area contributed by atoms with Gasteiger partial charge in [-0.05, 0) is 19.1 Å². The van der Waals surface area contributed by atoms with E-state index in [1.807, 2.05) is 30.3 Å². The van der Waals surface area contributed by atoms with Crippen LogP contribution >= 0.6 is 0 Å². The Bertz CT molecular complexity index is 784. The molecule has 0 aliphatic carbocycles. The van der Waals surface area contributed by atoms with Gasteiger partial charge >= 0.3 is 6.03 Å². The van der Waals surface area contributed by atoms with Crippen LogP contribution in [0.1, 0.15) is 5.56 Å². The number of primary amides is 1. The summed E-state index contributed by atoms with van der Waals surface area (Å²) in [5.41, 5.74) is 6.58. The van der Waals surface area contributed by atoms with Crippen molar-refractivity contribution in [2.75, 3.05) is 38.2 Å². The fraction of sp³-hybridized carbons (Fsp3) is 0.353. The monoisotopic (exact) mass is 359 g/mol. The van der Waals surface area contributed by atoms with Gasteiger partial charge in [0, 0.05) is 13.1 Å². The number of carbonyl (C=O) groups is 2. The minimum Gasteiger partial charge on any atom is -0.466 e. The fourth-order valence-electron chi connectivity index (χ4n) is 2.67. The van der Waals surface area contributed by atoms with Gasteiger partial charge in [-0.3, -0.25) is 10.1 Å². The predicted octanol–water partition coefficient (Wildman–Crippen LogP) is 0.909. The highest BCUT2D eigenvalue weighted by atomic mass is 16.5. The summed E-state index contributed by atoms with van der Waals surface area (Å²) in [7, 11) is 0. The third-order valence-corrected chi connectivity index (χ3v) is 4.02. The highest BCUT2D eigenvalue weighted by molar-refractivity contribution is 5.88. The molecule has 3 N–H and O–H groups in total. The smallest absolute Gasteiger partial charge is 0.317 e. The zero-order valence-electron chi connectivity index (χ0n) is 14.5. The van der Waals surface area contributed by atoms with Crippen LogP contribution in [0, 0.1) is 6.92 Å². The standard InChI is InChI=1S/C17H21N5O4/c1-12-15(19-17(18)24)22(13-5-3-2-4-6-13)20-16(12)26-11-14(23)21-7-9-25-10-8-21/h2-6H,7-11H2,1H3,(H3,18,19,24). The Balaban J connectivity index is 1.79. The maximum Gasteiger partial charge on any atom is 0.317 e. The molecule has 0 unspecified atom stereocenters. The molecule has 1 aliphatic rings. The lowest BCUT2D eigenvalue weighted by Crippen LogP contribution is -2.43. The highest BCUT2D eigenvalue weighted by Crippen LogP contribution is 2.28. The molecule has 1 aliphatic heterocycles. The van der Waals surface area contributed by atoms with Crippen LogP contribution < -0.4 is 15.8 Å². The highest BCUT2D eigenvalue weighted by Gasteiger charge is 2.21. The Hall–Kier alpha value is -3.07. The summed E-state index contributed by atoms with van der Waals surface area (Å²) in [5.74, 6) is 0.531. The molecule has 1 saturated heterocycles. The van der Waals surface area contributed by atoms with Crippen molar-refractivity contribution in [2.24, 2.45) is 5.73 Å². The summed E-state index contributed by atoms with van der Waals surface area (Å²) in [6.07, 6.45) is 0. The van der Waals surface area contributed by atoms with Crippen molar-refractivity contribution in [3.05, 3.63) is 35.9 Å². The van der Waals surface area contributed by atoms with E-state index in [4.69, 9.17) is 15.2 Å². The Kier molecular flexibility index (Phi) is 5.37. The molecular weight excluding hydrogens is 338 g/mol. The lowest BCUT2D eigenvalue weighted by molar-refractivity contribution is -0.137. The summed E-state index contributed by atoms with van der Waals surface area (Å²) < 4.78 is 12.4. The van der Waals surface area contributed by atoms with Gasteiger partial charge in [0.1, 0.15) is 5.82 Å². The van der Waals surface area contributed by atoms with Crippen molar-refractivity contribution in [1.29, 1.82) is 0 Å². The molecule has 3 amide bonds. The maximum atomic E-state index is 12.2. The van der Waals surface area contributed by atoms with E-state index in [2.05, 4.69) is 10.4 Å². The first kappa shape index (κ1) is 17.7. The Morgan fingerprint density at radius 3 is 2.62 bits per heavy atom. The molecule has 1 aromatic carbocycles. The number of nitrogens with one attached hydrogen (secondary N) is 1. The van der Waals surface area contributed by atoms with Gasteiger partial charge in [0.05, 0.1) is 24.5 Å². The number of ether oxygens (including phenoxy) is 2. The van der Waals surface area contributed by atoms with Crippen molar-refractivity contribution >= 4 is 17.8 Å². The fourth-order valence-corrected chi connectivity index (χ4v) is 2.67. The van der Waals surface area contributed by atoms with Gasteiger partial charge in [-0.15, -0.1) is 5.10 Å². The number of amides is 3. The minimum absolute atomic E-state index is 0.133. The van der Waals surface area contributed by atoms with Gasteiger partial charge < -0.3 is 20.1 Å². The first-order valence-corrected chi connectivity index (χ1v) is 8.26. The number of aromatic nitrogens is 2. The second-order valence-corrected chi connectivity index (χ2v) is 5.80. The van der Waals surface area contributed by atoms with Crippen LogP contribution in [0.3, 0.4) is 0 Å². The van der Waals surface area contributed by atoms with Crippen molar-refractivity contribution in [3.8, 4) is 11.6 Å². The van der Waals surface area contributed by atoms with Gasteiger partial charge in [0.2, 0.25) is 5.88 Å². The zero-order valence-corrected chi connectivity index (χ0v) is 14.5. The molecule has 9 heteroatoms. The van der Waals surface area contributed by atoms with E-state index in [-0.39, 0.29) is 18.4 Å². The first-order chi connectivity index (χ1) is 12.6. The zero-order chi connectivity index (χ0) is 18.5. The number of morpholine rings is 1. The Morgan fingerprint density at radius 2 is 1.96 bits per heavy atom. The van der Waals surface area contributed by atoms with Crippen LogP contribution in [0.25, 0.3) is 5.69 Å². The molecule has 2 aromatic rings. The molecule has 138 valence electrons. The maximum absolute atomic E-state index is 12.2. The molecule has 0 bridgehead atoms. The van der Waals surface area contributed by atoms with Crippen LogP contribution in [0.15, 0.2) is 30.3 Å². The molecule has 26 heavy (non-hydrogen) atoms. The average molecular weight is 359 g/mol. The van der Waals surface area contributed by atoms with Crippen molar-refractivity contribution in [3.63, 3.8) is 0 Å². The summed E-state index contributed by atoms with van der Waals surface area (Å²) in [5, 5.41) is 6.94. The molecule has 0 spiro atoms. The third-order valence-electron chi connectivity index (χ3n) is 4.02. The van der Waals surface area contributed by atoms with E-state index in [0.717, 1.165) is 5.69 Å². The van der Waals surface area contributed by atoms with E-state index >= 15 is 0 Å². The molecular formula is C17H21N5O4. The van der Waals surface area contributed by atoms with E-state index in [1.165, 1.54) is 4.68 Å². The van der Waals surface area contributed by atoms with Gasteiger partial charge in [-0.2, -0.15) is 0 Å². The lowest BCUT2D eigenvalue weighted by atomic mass is 10.3. The molecule has 1 aromatic heterocycles. The summed E-state index contributed by atoms with van der Waals surface area (Å²) in [6, 6.07) is 8.54. The number of hydrogen-bond donors (Lipinski definition) is 2. The largest absolute Gasteiger partial charge is 0.466 e. The van der Waals surface area contributed by atoms with E-state index < -0.39 is 6.03 Å². The number of anilines is 1. The lowest BCUT2D eigenvalue weighted by Gasteiger charge is -2.26. The Morgan fingerprint density at radius 1 is 1.27 bits per heavy atom. The number of hydrogen-bond acceptors (Lipinski definition) is 5. The van der Waals surface area contributed by atoms with Gasteiger partial charge in [0.15, 0.2) is 6.61 Å². The van der Waals surface area contributed by atoms with Crippen molar-refractivity contribution in [1.82, 2.24) is 14.7 Å². The molecule has 3 rings (SSSR count). The van der Waals surface area contributed by atoms with Gasteiger partial charge in [-0.25, -0.2) is 9.48 Å². The second-order valence-electron chi connectivity index (χ2n) is 5.80. The predicted molar refractivity (Wildman–Crippen MR) is 94.4 cm³/mol. The van der Waals surface area contributed by atoms with Crippen LogP contribution in [-0.4, -0.2) is 59.5 Å². The summed E-state index contributed by atoms with van der Waals surface area (Å²) >= 11 is 0. The van der Waals surface area contributed by atoms with Gasteiger partial charge in [-0.1, -0.05) is 18.2 Å². The number of nitrogens with two attached hydrogens (primary N) is 1. The molecule has 2 heterocycles. The molecule has 0 atom stereocenters. The van der Waals surface area contributed by atoms with Gasteiger partial charge in [0.25, 0.3) is 5.91 Å². The average Bonchev–Trinajstić information content (AvgIpc) is 2.96. The number of nitrogens with zero attached hydrogens (tertiary/aromatic N) is 3. The van der Waals surface area contributed by atoms with Crippen LogP contribution in [-0.2, 0) is 9.53 Å². The number of urea groups is 1. The van der Waals surface area contributed by atoms with Crippen LogP contribution in [0.2, 0.25) is 0 Å². The number of rotatable bonds is 5. The number of para-hydroxylation sites is 1. The van der Waals surface area contributed by atoms with Crippen molar-refractivity contribution < 1.29 is 19.1 Å². The van der Waals surface area contributed by atoms with Crippen LogP contribution in [0.5, 0.6) is 5.88 Å². The third kappa shape index (κ3) is 3.94. The number of benzene rings is 1. The van der Waals surface area contributed by atoms with Crippen molar-refractivity contribution in [2.45, 2.75) is 6.92 Å². The SMILES string of the molecule is Cc1c(OCC(=O)N2CCOCC2)nn(-c2ccccc2)c1NC(N)=O. The topological polar surface area (TPSA) is 112 Å².